The molecule has 0 atom stereocenters. The van der Waals surface area contributed by atoms with Gasteiger partial charge in [-0.3, -0.25) is 0 Å². The van der Waals surface area contributed by atoms with Crippen molar-refractivity contribution < 1.29 is 0 Å². The number of unbranched alkanes of at least 4 members (excludes halogenated alkanes) is 1. The summed E-state index contributed by atoms with van der Waals surface area (Å²) in [5.74, 6) is 0. The third-order valence-electron chi connectivity index (χ3n) is 2.92. The van der Waals surface area contributed by atoms with E-state index in [4.69, 9.17) is 0 Å². The Morgan fingerprint density at radius 2 is 1.88 bits per heavy atom. The molecule has 0 unspecified atom stereocenters. The van der Waals surface area contributed by atoms with Crippen LogP contribution in [0.15, 0.2) is 42.6 Å². The lowest BCUT2D eigenvalue weighted by Crippen LogP contribution is -1.93. The Hall–Kier alpha value is -1.50. The van der Waals surface area contributed by atoms with Crippen LogP contribution in [0, 0.1) is 6.92 Å². The molecule has 0 spiro atoms. The average molecular weight is 213 g/mol. The molecule has 1 heterocycles. The Kier molecular flexibility index (Phi) is 3.45. The molecule has 0 aliphatic carbocycles. The fourth-order valence-corrected chi connectivity index (χ4v) is 2.03. The van der Waals surface area contributed by atoms with Gasteiger partial charge in [0.2, 0.25) is 0 Å². The molecular weight excluding hydrogens is 194 g/mol. The summed E-state index contributed by atoms with van der Waals surface area (Å²) in [6, 6.07) is 12.8. The highest BCUT2D eigenvalue weighted by atomic mass is 15.0. The van der Waals surface area contributed by atoms with Crippen molar-refractivity contribution in [1.82, 2.24) is 4.57 Å². The molecule has 0 amide bonds. The average Bonchev–Trinajstić information content (AvgIpc) is 2.69. The summed E-state index contributed by atoms with van der Waals surface area (Å²) in [5, 5.41) is 0. The Morgan fingerprint density at radius 1 is 1.12 bits per heavy atom. The first kappa shape index (κ1) is 11.0. The number of hydrogen-bond donors (Lipinski definition) is 0. The highest BCUT2D eigenvalue weighted by Crippen LogP contribution is 2.16. The molecule has 0 aliphatic rings. The van der Waals surface area contributed by atoms with E-state index in [2.05, 4.69) is 61.0 Å². The summed E-state index contributed by atoms with van der Waals surface area (Å²) in [7, 11) is 0. The van der Waals surface area contributed by atoms with Crippen molar-refractivity contribution in [3.05, 3.63) is 53.9 Å². The van der Waals surface area contributed by atoms with Crippen molar-refractivity contribution in [2.24, 2.45) is 0 Å². The molecule has 1 nitrogen and oxygen atoms in total. The standard InChI is InChI=1S/C15H19N/c1-3-4-8-14-11-13(2)16(12-14)15-9-6-5-7-10-15/h5-7,9-12H,3-4,8H2,1-2H3. The molecule has 1 aromatic heterocycles. The van der Waals surface area contributed by atoms with Gasteiger partial charge in [-0.2, -0.15) is 0 Å². The van der Waals surface area contributed by atoms with Gasteiger partial charge in [0.15, 0.2) is 0 Å². The zero-order valence-corrected chi connectivity index (χ0v) is 10.1. The van der Waals surface area contributed by atoms with Crippen LogP contribution in [-0.4, -0.2) is 4.57 Å². The fraction of sp³-hybridized carbons (Fsp3) is 0.333. The third kappa shape index (κ3) is 2.35. The van der Waals surface area contributed by atoms with Gasteiger partial charge in [-0.1, -0.05) is 31.5 Å². The lowest BCUT2D eigenvalue weighted by atomic mass is 10.1. The van der Waals surface area contributed by atoms with E-state index in [1.807, 2.05) is 0 Å². The number of nitrogens with zero attached hydrogens (tertiary/aromatic N) is 1. The van der Waals surface area contributed by atoms with Crippen LogP contribution in [0.25, 0.3) is 5.69 Å². The Bertz CT molecular complexity index is 440. The SMILES string of the molecule is CCCCc1cc(C)n(-c2ccccc2)c1. The molecule has 1 aromatic carbocycles. The monoisotopic (exact) mass is 213 g/mol. The minimum Gasteiger partial charge on any atom is -0.321 e. The summed E-state index contributed by atoms with van der Waals surface area (Å²) in [6.45, 7) is 4.41. The molecule has 0 N–H and O–H groups in total. The quantitative estimate of drug-likeness (QED) is 0.719. The normalized spacial score (nSPS) is 10.6. The number of benzene rings is 1. The van der Waals surface area contributed by atoms with Gasteiger partial charge in [0.1, 0.15) is 0 Å². The van der Waals surface area contributed by atoms with Crippen molar-refractivity contribution in [3.8, 4) is 5.69 Å². The first-order valence-electron chi connectivity index (χ1n) is 6.04. The van der Waals surface area contributed by atoms with E-state index in [1.54, 1.807) is 0 Å². The maximum absolute atomic E-state index is 2.29. The first-order chi connectivity index (χ1) is 7.81. The van der Waals surface area contributed by atoms with Crippen molar-refractivity contribution in [3.63, 3.8) is 0 Å². The van der Waals surface area contributed by atoms with Gasteiger partial charge < -0.3 is 4.57 Å². The lowest BCUT2D eigenvalue weighted by Gasteiger charge is -2.04. The van der Waals surface area contributed by atoms with Gasteiger partial charge in [0.25, 0.3) is 0 Å². The van der Waals surface area contributed by atoms with Gasteiger partial charge >= 0.3 is 0 Å². The van der Waals surface area contributed by atoms with Gasteiger partial charge in [-0.15, -0.1) is 0 Å². The lowest BCUT2D eigenvalue weighted by molar-refractivity contribution is 0.794. The maximum Gasteiger partial charge on any atom is 0.0452 e. The minimum atomic E-state index is 1.19. The number of aromatic nitrogens is 1. The van der Waals surface area contributed by atoms with E-state index in [-0.39, 0.29) is 0 Å². The molecule has 0 radical (unpaired) electrons. The Balaban J connectivity index is 2.25. The van der Waals surface area contributed by atoms with E-state index >= 15 is 0 Å². The summed E-state index contributed by atoms with van der Waals surface area (Å²) in [5.41, 5.74) is 4.02. The Labute approximate surface area is 97.7 Å². The van der Waals surface area contributed by atoms with Crippen molar-refractivity contribution in [1.29, 1.82) is 0 Å². The van der Waals surface area contributed by atoms with Crippen LogP contribution in [0.1, 0.15) is 31.0 Å². The van der Waals surface area contributed by atoms with Gasteiger partial charge in [-0.25, -0.2) is 0 Å². The summed E-state index contributed by atoms with van der Waals surface area (Å²) >= 11 is 0. The van der Waals surface area contributed by atoms with Crippen LogP contribution in [-0.2, 0) is 6.42 Å². The van der Waals surface area contributed by atoms with E-state index < -0.39 is 0 Å². The van der Waals surface area contributed by atoms with Crippen LogP contribution in [0.5, 0.6) is 0 Å². The van der Waals surface area contributed by atoms with Crippen LogP contribution >= 0.6 is 0 Å². The van der Waals surface area contributed by atoms with Crippen LogP contribution in [0.2, 0.25) is 0 Å². The second-order valence-corrected chi connectivity index (χ2v) is 4.30. The predicted molar refractivity (Wildman–Crippen MR) is 69.1 cm³/mol. The number of hydrogen-bond acceptors (Lipinski definition) is 0. The van der Waals surface area contributed by atoms with Gasteiger partial charge in [0, 0.05) is 17.6 Å². The molecule has 0 saturated heterocycles. The van der Waals surface area contributed by atoms with Crippen molar-refractivity contribution in [2.45, 2.75) is 33.1 Å². The molecular formula is C15H19N. The zero-order valence-electron chi connectivity index (χ0n) is 10.1. The smallest absolute Gasteiger partial charge is 0.0452 e. The van der Waals surface area contributed by atoms with Gasteiger partial charge in [-0.05, 0) is 43.5 Å². The molecule has 2 rings (SSSR count). The highest BCUT2D eigenvalue weighted by Gasteiger charge is 2.03. The van der Waals surface area contributed by atoms with Crippen LogP contribution in [0.4, 0.5) is 0 Å². The predicted octanol–water partition coefficient (Wildman–Crippen LogP) is 4.13. The molecule has 0 saturated carbocycles. The van der Waals surface area contributed by atoms with E-state index in [0.29, 0.717) is 0 Å². The number of para-hydroxylation sites is 1. The second-order valence-electron chi connectivity index (χ2n) is 4.30. The maximum atomic E-state index is 2.29. The molecule has 16 heavy (non-hydrogen) atoms. The zero-order chi connectivity index (χ0) is 11.4. The molecule has 84 valence electrons. The first-order valence-corrected chi connectivity index (χ1v) is 6.04. The largest absolute Gasteiger partial charge is 0.321 e. The van der Waals surface area contributed by atoms with Crippen molar-refractivity contribution >= 4 is 0 Å². The second kappa shape index (κ2) is 5.02. The molecule has 0 bridgehead atoms. The number of aryl methyl sites for hydroxylation is 2. The van der Waals surface area contributed by atoms with Crippen LogP contribution in [0.3, 0.4) is 0 Å². The molecule has 2 aromatic rings. The van der Waals surface area contributed by atoms with E-state index in [0.717, 1.165) is 0 Å². The number of rotatable bonds is 4. The summed E-state index contributed by atoms with van der Waals surface area (Å²) in [6.07, 6.45) is 5.99. The summed E-state index contributed by atoms with van der Waals surface area (Å²) in [4.78, 5) is 0. The van der Waals surface area contributed by atoms with Crippen LogP contribution < -0.4 is 0 Å². The van der Waals surface area contributed by atoms with E-state index in [9.17, 15) is 0 Å². The molecule has 1 heteroatoms. The van der Waals surface area contributed by atoms with Crippen molar-refractivity contribution in [2.75, 3.05) is 0 Å². The highest BCUT2D eigenvalue weighted by molar-refractivity contribution is 5.36. The van der Waals surface area contributed by atoms with Gasteiger partial charge in [0.05, 0.1) is 0 Å². The minimum absolute atomic E-state index is 1.19. The summed E-state index contributed by atoms with van der Waals surface area (Å²) < 4.78 is 2.27. The fourth-order valence-electron chi connectivity index (χ4n) is 2.03. The molecule has 0 fully saturated rings. The van der Waals surface area contributed by atoms with E-state index in [1.165, 1.54) is 36.2 Å². The topological polar surface area (TPSA) is 4.93 Å². The Morgan fingerprint density at radius 3 is 2.56 bits per heavy atom. The molecule has 0 aliphatic heterocycles. The third-order valence-corrected chi connectivity index (χ3v) is 2.92.